The molecule has 0 aliphatic carbocycles. The molecule has 0 spiro atoms. The van der Waals surface area contributed by atoms with Gasteiger partial charge in [-0.15, -0.1) is 11.3 Å². The minimum absolute atomic E-state index is 0.156. The Balaban J connectivity index is 2.21. The minimum atomic E-state index is -0.607. The molecule has 1 aromatic carbocycles. The SMILES string of the molecule is CCOC(=O)c1c(NC(=O)COc2cc(C)ccc2C)sc(C(=O)OCC(C)C)c1C. The summed E-state index contributed by atoms with van der Waals surface area (Å²) in [5.41, 5.74) is 2.50. The molecule has 1 amide bonds. The van der Waals surface area contributed by atoms with Gasteiger partial charge in [0.25, 0.3) is 5.91 Å². The number of ether oxygens (including phenoxy) is 3. The first-order chi connectivity index (χ1) is 14.6. The molecule has 0 saturated heterocycles. The molecule has 0 unspecified atom stereocenters. The molecule has 8 heteroatoms. The Morgan fingerprint density at radius 2 is 1.77 bits per heavy atom. The first kappa shape index (κ1) is 24.4. The van der Waals surface area contributed by atoms with Crippen molar-refractivity contribution in [1.29, 1.82) is 0 Å². The van der Waals surface area contributed by atoms with E-state index in [-0.39, 0.29) is 41.2 Å². The van der Waals surface area contributed by atoms with Crippen molar-refractivity contribution in [2.24, 2.45) is 5.92 Å². The number of anilines is 1. The topological polar surface area (TPSA) is 90.9 Å². The average Bonchev–Trinajstić information content (AvgIpc) is 3.02. The average molecular weight is 448 g/mol. The van der Waals surface area contributed by atoms with Crippen molar-refractivity contribution in [2.45, 2.75) is 41.5 Å². The zero-order valence-electron chi connectivity index (χ0n) is 18.8. The highest BCUT2D eigenvalue weighted by Gasteiger charge is 2.27. The van der Waals surface area contributed by atoms with Gasteiger partial charge in [-0.25, -0.2) is 9.59 Å². The molecule has 168 valence electrons. The predicted octanol–water partition coefficient (Wildman–Crippen LogP) is 4.68. The Labute approximate surface area is 186 Å². The van der Waals surface area contributed by atoms with Gasteiger partial charge in [0.1, 0.15) is 15.6 Å². The summed E-state index contributed by atoms with van der Waals surface area (Å²) in [7, 11) is 0. The molecule has 0 bridgehead atoms. The van der Waals surface area contributed by atoms with E-state index in [1.165, 1.54) is 0 Å². The fraction of sp³-hybridized carbons (Fsp3) is 0.435. The number of hydrogen-bond donors (Lipinski definition) is 1. The number of benzene rings is 1. The van der Waals surface area contributed by atoms with Crippen LogP contribution in [0.15, 0.2) is 18.2 Å². The van der Waals surface area contributed by atoms with E-state index in [1.54, 1.807) is 13.8 Å². The summed E-state index contributed by atoms with van der Waals surface area (Å²) in [6.45, 7) is 11.2. The molecule has 1 aromatic heterocycles. The van der Waals surface area contributed by atoms with Crippen LogP contribution in [-0.4, -0.2) is 37.7 Å². The summed E-state index contributed by atoms with van der Waals surface area (Å²) in [5, 5.41) is 2.92. The Hall–Kier alpha value is -2.87. The fourth-order valence-electron chi connectivity index (χ4n) is 2.72. The van der Waals surface area contributed by atoms with Crippen molar-refractivity contribution in [3.63, 3.8) is 0 Å². The molecule has 31 heavy (non-hydrogen) atoms. The summed E-state index contributed by atoms with van der Waals surface area (Å²) in [4.78, 5) is 37.7. The Kier molecular flexibility index (Phi) is 8.62. The van der Waals surface area contributed by atoms with E-state index in [9.17, 15) is 14.4 Å². The van der Waals surface area contributed by atoms with Crippen molar-refractivity contribution in [3.05, 3.63) is 45.3 Å². The van der Waals surface area contributed by atoms with Gasteiger partial charge >= 0.3 is 11.9 Å². The predicted molar refractivity (Wildman–Crippen MR) is 120 cm³/mol. The summed E-state index contributed by atoms with van der Waals surface area (Å²) in [5.74, 6) is -0.801. The van der Waals surface area contributed by atoms with Gasteiger partial charge in [-0.05, 0) is 56.4 Å². The molecule has 2 aromatic rings. The van der Waals surface area contributed by atoms with Crippen LogP contribution in [0.1, 0.15) is 57.5 Å². The van der Waals surface area contributed by atoms with E-state index in [4.69, 9.17) is 14.2 Å². The maximum atomic E-state index is 12.5. The molecular weight excluding hydrogens is 418 g/mol. The molecule has 0 atom stereocenters. The summed E-state index contributed by atoms with van der Waals surface area (Å²) in [6, 6.07) is 5.73. The monoisotopic (exact) mass is 447 g/mol. The number of rotatable bonds is 9. The lowest BCUT2D eigenvalue weighted by Crippen LogP contribution is -2.21. The van der Waals surface area contributed by atoms with Gasteiger partial charge in [-0.1, -0.05) is 26.0 Å². The normalized spacial score (nSPS) is 10.7. The molecule has 0 aliphatic heterocycles. The van der Waals surface area contributed by atoms with Crippen LogP contribution in [0.25, 0.3) is 0 Å². The van der Waals surface area contributed by atoms with Crippen molar-refractivity contribution < 1.29 is 28.6 Å². The number of amides is 1. The molecule has 1 N–H and O–H groups in total. The van der Waals surface area contributed by atoms with Crippen molar-refractivity contribution in [2.75, 3.05) is 25.1 Å². The first-order valence-electron chi connectivity index (χ1n) is 10.1. The molecule has 0 radical (unpaired) electrons. The van der Waals surface area contributed by atoms with Crippen LogP contribution < -0.4 is 10.1 Å². The largest absolute Gasteiger partial charge is 0.483 e. The zero-order chi connectivity index (χ0) is 23.1. The molecular formula is C23H29NO6S. The second-order valence-corrected chi connectivity index (χ2v) is 8.60. The zero-order valence-corrected chi connectivity index (χ0v) is 19.6. The van der Waals surface area contributed by atoms with E-state index in [1.807, 2.05) is 45.9 Å². The molecule has 1 heterocycles. The highest BCUT2D eigenvalue weighted by molar-refractivity contribution is 7.18. The number of carbonyl (C=O) groups excluding carboxylic acids is 3. The lowest BCUT2D eigenvalue weighted by atomic mass is 10.1. The lowest BCUT2D eigenvalue weighted by Gasteiger charge is -2.10. The molecule has 2 rings (SSSR count). The lowest BCUT2D eigenvalue weighted by molar-refractivity contribution is -0.118. The number of carbonyl (C=O) groups is 3. The second-order valence-electron chi connectivity index (χ2n) is 7.58. The van der Waals surface area contributed by atoms with Crippen LogP contribution in [0.4, 0.5) is 5.00 Å². The van der Waals surface area contributed by atoms with Gasteiger partial charge in [-0.3, -0.25) is 4.79 Å². The van der Waals surface area contributed by atoms with Crippen LogP contribution in [0, 0.1) is 26.7 Å². The van der Waals surface area contributed by atoms with Crippen molar-refractivity contribution >= 4 is 34.2 Å². The van der Waals surface area contributed by atoms with Gasteiger partial charge in [-0.2, -0.15) is 0 Å². The van der Waals surface area contributed by atoms with Gasteiger partial charge in [0.05, 0.1) is 18.8 Å². The Morgan fingerprint density at radius 3 is 2.42 bits per heavy atom. The van der Waals surface area contributed by atoms with Crippen LogP contribution in [-0.2, 0) is 14.3 Å². The second kappa shape index (κ2) is 10.9. The van der Waals surface area contributed by atoms with Crippen LogP contribution >= 0.6 is 11.3 Å². The van der Waals surface area contributed by atoms with E-state index in [2.05, 4.69) is 5.32 Å². The molecule has 0 saturated carbocycles. The minimum Gasteiger partial charge on any atom is -0.483 e. The number of thiophene rings is 1. The highest BCUT2D eigenvalue weighted by atomic mass is 32.1. The van der Waals surface area contributed by atoms with Crippen molar-refractivity contribution in [1.82, 2.24) is 0 Å². The summed E-state index contributed by atoms with van der Waals surface area (Å²) in [6.07, 6.45) is 0. The standard InChI is InChI=1S/C23H29NO6S/c1-7-28-22(26)19-16(6)20(23(27)30-11-13(2)3)31-21(19)24-18(25)12-29-17-10-14(4)8-9-15(17)5/h8-10,13H,7,11-12H2,1-6H3,(H,24,25). The quantitative estimate of drug-likeness (QED) is 0.561. The van der Waals surface area contributed by atoms with E-state index in [0.717, 1.165) is 22.5 Å². The van der Waals surface area contributed by atoms with Gasteiger partial charge < -0.3 is 19.5 Å². The van der Waals surface area contributed by atoms with Crippen LogP contribution in [0.5, 0.6) is 5.75 Å². The third-order valence-corrected chi connectivity index (χ3v) is 5.50. The van der Waals surface area contributed by atoms with E-state index < -0.39 is 17.8 Å². The maximum Gasteiger partial charge on any atom is 0.348 e. The Morgan fingerprint density at radius 1 is 1.06 bits per heavy atom. The number of esters is 2. The van der Waals surface area contributed by atoms with Gasteiger partial charge in [0.2, 0.25) is 0 Å². The number of nitrogens with one attached hydrogen (secondary N) is 1. The first-order valence-corrected chi connectivity index (χ1v) is 10.9. The van der Waals surface area contributed by atoms with Gasteiger partial charge in [0, 0.05) is 0 Å². The smallest absolute Gasteiger partial charge is 0.348 e. The molecule has 0 aliphatic rings. The van der Waals surface area contributed by atoms with E-state index in [0.29, 0.717) is 11.3 Å². The summed E-state index contributed by atoms with van der Waals surface area (Å²) < 4.78 is 16.0. The Bertz CT molecular complexity index is 963. The molecule has 7 nitrogen and oxygen atoms in total. The highest BCUT2D eigenvalue weighted by Crippen LogP contribution is 2.34. The van der Waals surface area contributed by atoms with E-state index >= 15 is 0 Å². The van der Waals surface area contributed by atoms with Crippen LogP contribution in [0.2, 0.25) is 0 Å². The number of hydrogen-bond acceptors (Lipinski definition) is 7. The summed E-state index contributed by atoms with van der Waals surface area (Å²) >= 11 is 0.993. The van der Waals surface area contributed by atoms with Crippen molar-refractivity contribution in [3.8, 4) is 5.75 Å². The van der Waals surface area contributed by atoms with Gasteiger partial charge in [0.15, 0.2) is 6.61 Å². The van der Waals surface area contributed by atoms with Crippen LogP contribution in [0.3, 0.4) is 0 Å². The maximum absolute atomic E-state index is 12.5. The third-order valence-electron chi connectivity index (χ3n) is 4.31. The molecule has 0 fully saturated rings. The number of aryl methyl sites for hydroxylation is 2. The third kappa shape index (κ3) is 6.55. The fourth-order valence-corrected chi connectivity index (χ4v) is 3.83.